The molecule has 8 nitrogen and oxygen atoms in total. The molecule has 0 radical (unpaired) electrons. The van der Waals surface area contributed by atoms with E-state index in [2.05, 4.69) is 4.98 Å². The number of benzene rings is 2. The summed E-state index contributed by atoms with van der Waals surface area (Å²) in [6.07, 6.45) is 3.64. The molecule has 8 heteroatoms. The number of aliphatic hydroxyl groups is 1. The maximum atomic E-state index is 13.4. The molecule has 2 heterocycles. The predicted molar refractivity (Wildman–Crippen MR) is 143 cm³/mol. The number of aromatic nitrogens is 1. The van der Waals surface area contributed by atoms with E-state index < -0.39 is 23.7 Å². The highest BCUT2D eigenvalue weighted by molar-refractivity contribution is 6.51. The number of hydrogen-bond acceptors (Lipinski definition) is 7. The zero-order valence-corrected chi connectivity index (χ0v) is 21.8. The van der Waals surface area contributed by atoms with Crippen molar-refractivity contribution in [3.8, 4) is 5.75 Å². The third-order valence-corrected chi connectivity index (χ3v) is 6.08. The van der Waals surface area contributed by atoms with E-state index in [-0.39, 0.29) is 23.0 Å². The van der Waals surface area contributed by atoms with Gasteiger partial charge in [-0.25, -0.2) is 4.79 Å². The summed E-state index contributed by atoms with van der Waals surface area (Å²) in [4.78, 5) is 44.7. The van der Waals surface area contributed by atoms with Crippen LogP contribution >= 0.6 is 0 Å². The third-order valence-electron chi connectivity index (χ3n) is 6.08. The number of aliphatic hydroxyl groups excluding tert-OH is 1. The van der Waals surface area contributed by atoms with Gasteiger partial charge >= 0.3 is 5.97 Å². The van der Waals surface area contributed by atoms with Gasteiger partial charge in [0.2, 0.25) is 0 Å². The molecule has 0 spiro atoms. The molecule has 1 aliphatic heterocycles. The first-order valence-electron chi connectivity index (χ1n) is 12.5. The molecule has 1 aromatic heterocycles. The maximum Gasteiger partial charge on any atom is 0.338 e. The summed E-state index contributed by atoms with van der Waals surface area (Å²) in [7, 11) is 0. The molecule has 1 unspecified atom stereocenters. The number of anilines is 1. The molecule has 196 valence electrons. The fourth-order valence-electron chi connectivity index (χ4n) is 4.35. The molecule has 1 saturated heterocycles. The van der Waals surface area contributed by atoms with E-state index in [1.165, 1.54) is 11.0 Å². The number of aryl methyl sites for hydroxylation is 1. The number of amides is 1. The summed E-state index contributed by atoms with van der Waals surface area (Å²) in [5, 5.41) is 11.4. The fourth-order valence-corrected chi connectivity index (χ4v) is 4.35. The number of pyridine rings is 1. The minimum Gasteiger partial charge on any atom is -0.507 e. The summed E-state index contributed by atoms with van der Waals surface area (Å²) < 4.78 is 11.0. The van der Waals surface area contributed by atoms with Crippen LogP contribution in [0.2, 0.25) is 0 Å². The predicted octanol–water partition coefficient (Wildman–Crippen LogP) is 5.37. The topological polar surface area (TPSA) is 106 Å². The standard InChI is InChI=1S/C30H30N2O6/c1-5-15-37-24-10-9-21(16-19(24)4)27(33)25-26(20-11-13-31-14-12-20)32(29(35)28(25)34)23-8-6-7-22(17-23)30(36)38-18(2)3/h6-14,16-18,26,33H,5,15H2,1-4H3/b27-25+. The van der Waals surface area contributed by atoms with Gasteiger partial charge in [0.25, 0.3) is 11.7 Å². The molecule has 0 aliphatic carbocycles. The second kappa shape index (κ2) is 11.3. The molecule has 4 rings (SSSR count). The molecule has 2 aromatic carbocycles. The van der Waals surface area contributed by atoms with Crippen LogP contribution in [0.25, 0.3) is 5.76 Å². The first kappa shape index (κ1) is 26.6. The Labute approximate surface area is 221 Å². The Morgan fingerprint density at radius 3 is 2.45 bits per heavy atom. The van der Waals surface area contributed by atoms with Crippen LogP contribution in [0.4, 0.5) is 5.69 Å². The van der Waals surface area contributed by atoms with E-state index in [9.17, 15) is 19.5 Å². The minimum absolute atomic E-state index is 0.0574. The highest BCUT2D eigenvalue weighted by Crippen LogP contribution is 2.42. The summed E-state index contributed by atoms with van der Waals surface area (Å²) in [6, 6.07) is 13.9. The smallest absolute Gasteiger partial charge is 0.338 e. The van der Waals surface area contributed by atoms with Gasteiger partial charge in [0.05, 0.1) is 29.9 Å². The van der Waals surface area contributed by atoms with Crippen LogP contribution in [0.15, 0.2) is 72.6 Å². The van der Waals surface area contributed by atoms with Crippen molar-refractivity contribution in [3.05, 3.63) is 94.8 Å². The van der Waals surface area contributed by atoms with Gasteiger partial charge in [-0.2, -0.15) is 0 Å². The molecule has 1 fully saturated rings. The average Bonchev–Trinajstić information content (AvgIpc) is 3.17. The zero-order valence-electron chi connectivity index (χ0n) is 21.8. The van der Waals surface area contributed by atoms with Gasteiger partial charge < -0.3 is 14.6 Å². The number of esters is 1. The van der Waals surface area contributed by atoms with Gasteiger partial charge in [-0.3, -0.25) is 19.5 Å². The van der Waals surface area contributed by atoms with E-state index in [1.807, 2.05) is 13.8 Å². The van der Waals surface area contributed by atoms with Gasteiger partial charge in [-0.15, -0.1) is 0 Å². The second-order valence-corrected chi connectivity index (χ2v) is 9.28. The number of ketones is 1. The van der Waals surface area contributed by atoms with Crippen LogP contribution in [0.1, 0.15) is 60.3 Å². The van der Waals surface area contributed by atoms with E-state index in [0.29, 0.717) is 29.2 Å². The highest BCUT2D eigenvalue weighted by atomic mass is 16.5. The van der Waals surface area contributed by atoms with Gasteiger partial charge in [-0.1, -0.05) is 13.0 Å². The summed E-state index contributed by atoms with van der Waals surface area (Å²) >= 11 is 0. The molecule has 1 amide bonds. The minimum atomic E-state index is -0.939. The van der Waals surface area contributed by atoms with Crippen molar-refractivity contribution < 1.29 is 29.0 Å². The monoisotopic (exact) mass is 514 g/mol. The highest BCUT2D eigenvalue weighted by Gasteiger charge is 2.47. The number of rotatable bonds is 8. The molecular formula is C30H30N2O6. The van der Waals surface area contributed by atoms with Crippen LogP contribution in [0, 0.1) is 6.92 Å². The number of nitrogens with zero attached hydrogens (tertiary/aromatic N) is 2. The molecule has 38 heavy (non-hydrogen) atoms. The molecule has 1 atom stereocenters. The Morgan fingerprint density at radius 1 is 1.05 bits per heavy atom. The van der Waals surface area contributed by atoms with Crippen molar-refractivity contribution in [2.75, 3.05) is 11.5 Å². The van der Waals surface area contributed by atoms with Crippen LogP contribution in [-0.2, 0) is 14.3 Å². The lowest BCUT2D eigenvalue weighted by Gasteiger charge is -2.25. The maximum absolute atomic E-state index is 13.4. The van der Waals surface area contributed by atoms with Crippen molar-refractivity contribution in [1.29, 1.82) is 0 Å². The molecule has 1 aliphatic rings. The van der Waals surface area contributed by atoms with Crippen LogP contribution < -0.4 is 9.64 Å². The Hall–Kier alpha value is -4.46. The fraction of sp³-hybridized carbons (Fsp3) is 0.267. The number of ether oxygens (including phenoxy) is 2. The number of carbonyl (C=O) groups is 3. The summed E-state index contributed by atoms with van der Waals surface area (Å²) in [5.41, 5.74) is 2.26. The lowest BCUT2D eigenvalue weighted by atomic mass is 9.95. The van der Waals surface area contributed by atoms with Crippen molar-refractivity contribution in [2.24, 2.45) is 0 Å². The third kappa shape index (κ3) is 5.29. The summed E-state index contributed by atoms with van der Waals surface area (Å²) in [5.74, 6) is -1.81. The molecule has 3 aromatic rings. The average molecular weight is 515 g/mol. The lowest BCUT2D eigenvalue weighted by molar-refractivity contribution is -0.132. The number of hydrogen-bond donors (Lipinski definition) is 1. The van der Waals surface area contributed by atoms with Crippen LogP contribution in [0.5, 0.6) is 5.75 Å². The van der Waals surface area contributed by atoms with Crippen molar-refractivity contribution in [2.45, 2.75) is 46.3 Å². The van der Waals surface area contributed by atoms with E-state index in [4.69, 9.17) is 9.47 Å². The van der Waals surface area contributed by atoms with Crippen molar-refractivity contribution >= 4 is 29.1 Å². The zero-order chi connectivity index (χ0) is 27.4. The van der Waals surface area contributed by atoms with Crippen molar-refractivity contribution in [1.82, 2.24) is 4.98 Å². The normalized spacial score (nSPS) is 16.7. The Kier molecular flexibility index (Phi) is 7.90. The first-order chi connectivity index (χ1) is 18.2. The van der Waals surface area contributed by atoms with Gasteiger partial charge in [0.15, 0.2) is 0 Å². The van der Waals surface area contributed by atoms with Gasteiger partial charge in [-0.05, 0) is 86.8 Å². The Balaban J connectivity index is 1.84. The largest absolute Gasteiger partial charge is 0.507 e. The number of carbonyl (C=O) groups excluding carboxylic acids is 3. The molecule has 0 bridgehead atoms. The van der Waals surface area contributed by atoms with Crippen molar-refractivity contribution in [3.63, 3.8) is 0 Å². The Bertz CT molecular complexity index is 1400. The Morgan fingerprint density at radius 2 is 1.79 bits per heavy atom. The summed E-state index contributed by atoms with van der Waals surface area (Å²) in [6.45, 7) is 7.91. The quantitative estimate of drug-likeness (QED) is 0.186. The van der Waals surface area contributed by atoms with Gasteiger partial charge in [0.1, 0.15) is 11.5 Å². The van der Waals surface area contributed by atoms with E-state index in [1.54, 1.807) is 74.8 Å². The lowest BCUT2D eigenvalue weighted by Crippen LogP contribution is -2.29. The molecule has 0 saturated carbocycles. The molecule has 1 N–H and O–H groups in total. The van der Waals surface area contributed by atoms with E-state index in [0.717, 1.165) is 12.0 Å². The second-order valence-electron chi connectivity index (χ2n) is 9.28. The van der Waals surface area contributed by atoms with Crippen LogP contribution in [-0.4, -0.2) is 40.5 Å². The number of Topliss-reactive ketones (excluding diaryl/α,β-unsaturated/α-hetero) is 1. The first-order valence-corrected chi connectivity index (χ1v) is 12.5. The van der Waals surface area contributed by atoms with E-state index >= 15 is 0 Å². The van der Waals surface area contributed by atoms with Gasteiger partial charge in [0, 0.05) is 23.6 Å². The SMILES string of the molecule is CCCOc1ccc(/C(O)=C2\C(=O)C(=O)N(c3cccc(C(=O)OC(C)C)c3)C2c2ccncc2)cc1C. The molecular weight excluding hydrogens is 484 g/mol. The van der Waals surface area contributed by atoms with Crippen LogP contribution in [0.3, 0.4) is 0 Å².